The third-order valence-electron chi connectivity index (χ3n) is 7.09. The van der Waals surface area contributed by atoms with Crippen molar-refractivity contribution < 1.29 is 14.2 Å². The molecule has 0 fully saturated rings. The fraction of sp³-hybridized carbons (Fsp3) is 0.226. The van der Waals surface area contributed by atoms with Gasteiger partial charge in [-0.2, -0.15) is 0 Å². The molecule has 2 heterocycles. The van der Waals surface area contributed by atoms with Crippen molar-refractivity contribution in [3.05, 3.63) is 114 Å². The Bertz CT molecular complexity index is 1730. The van der Waals surface area contributed by atoms with E-state index in [-0.39, 0.29) is 11.6 Å². The zero-order valence-corrected chi connectivity index (χ0v) is 22.4. The maximum absolute atomic E-state index is 13.9. The van der Waals surface area contributed by atoms with Crippen LogP contribution in [0.25, 0.3) is 11.8 Å². The van der Waals surface area contributed by atoms with Crippen LogP contribution in [0.15, 0.2) is 82.1 Å². The average Bonchev–Trinajstić information content (AvgIpc) is 3.26. The molecule has 38 heavy (non-hydrogen) atoms. The van der Waals surface area contributed by atoms with Crippen molar-refractivity contribution in [3.63, 3.8) is 0 Å². The van der Waals surface area contributed by atoms with E-state index in [0.29, 0.717) is 27.4 Å². The highest BCUT2D eigenvalue weighted by Gasteiger charge is 2.33. The summed E-state index contributed by atoms with van der Waals surface area (Å²) in [7, 11) is 3.26. The molecule has 192 valence electrons. The number of allylic oxidation sites excluding steroid dienone is 1. The molecule has 2 aliphatic rings. The van der Waals surface area contributed by atoms with E-state index in [9.17, 15) is 4.79 Å². The van der Waals surface area contributed by atoms with Crippen LogP contribution in [0, 0.1) is 0 Å². The lowest BCUT2D eigenvalue weighted by Crippen LogP contribution is -2.38. The van der Waals surface area contributed by atoms with E-state index in [1.165, 1.54) is 16.9 Å². The van der Waals surface area contributed by atoms with Crippen LogP contribution < -0.4 is 29.1 Å². The molecule has 7 heteroatoms. The minimum Gasteiger partial charge on any atom is -0.494 e. The lowest BCUT2D eigenvalue weighted by Gasteiger charge is -2.31. The highest BCUT2D eigenvalue weighted by Crippen LogP contribution is 2.42. The smallest absolute Gasteiger partial charge is 0.271 e. The Morgan fingerprint density at radius 2 is 1.79 bits per heavy atom. The first-order valence-electron chi connectivity index (χ1n) is 12.7. The molecule has 0 saturated carbocycles. The molecule has 0 radical (unpaired) electrons. The van der Waals surface area contributed by atoms with Crippen LogP contribution in [0.5, 0.6) is 17.2 Å². The summed E-state index contributed by atoms with van der Waals surface area (Å²) in [5.41, 5.74) is 6.41. The Morgan fingerprint density at radius 3 is 2.55 bits per heavy atom. The Kier molecular flexibility index (Phi) is 6.37. The molecule has 0 spiro atoms. The van der Waals surface area contributed by atoms with E-state index in [4.69, 9.17) is 19.2 Å². The van der Waals surface area contributed by atoms with Crippen LogP contribution in [0.4, 0.5) is 0 Å². The predicted octanol–water partition coefficient (Wildman–Crippen LogP) is 4.73. The van der Waals surface area contributed by atoms with Crippen molar-refractivity contribution in [2.24, 2.45) is 4.99 Å². The van der Waals surface area contributed by atoms with Gasteiger partial charge >= 0.3 is 0 Å². The fourth-order valence-corrected chi connectivity index (χ4v) is 6.32. The maximum Gasteiger partial charge on any atom is 0.271 e. The van der Waals surface area contributed by atoms with Crippen molar-refractivity contribution in [2.75, 3.05) is 20.8 Å². The van der Waals surface area contributed by atoms with Crippen LogP contribution in [-0.4, -0.2) is 25.4 Å². The van der Waals surface area contributed by atoms with Crippen LogP contribution >= 0.6 is 11.3 Å². The SMILES string of the molecule is CCOc1ccc(/C=c2\sc3n(c2=O)[C@@H](c2ccc(OC)c(OC)c2)C2=C(N=3)c3ccccc3CC2)cc1. The summed E-state index contributed by atoms with van der Waals surface area (Å²) in [6.45, 7) is 2.57. The third kappa shape index (κ3) is 4.13. The number of benzene rings is 3. The fourth-order valence-electron chi connectivity index (χ4n) is 5.32. The summed E-state index contributed by atoms with van der Waals surface area (Å²) in [5, 5.41) is 0. The van der Waals surface area contributed by atoms with E-state index in [1.807, 2.05) is 60.0 Å². The molecule has 1 aromatic heterocycles. The Hall–Kier alpha value is -4.10. The number of aromatic nitrogens is 1. The van der Waals surface area contributed by atoms with Gasteiger partial charge in [0.2, 0.25) is 0 Å². The molecule has 0 unspecified atom stereocenters. The highest BCUT2D eigenvalue weighted by atomic mass is 32.1. The topological polar surface area (TPSA) is 62.0 Å². The quantitative estimate of drug-likeness (QED) is 0.366. The third-order valence-corrected chi connectivity index (χ3v) is 8.07. The molecule has 0 saturated heterocycles. The number of ether oxygens (including phenoxy) is 3. The summed E-state index contributed by atoms with van der Waals surface area (Å²) >= 11 is 1.42. The largest absolute Gasteiger partial charge is 0.494 e. The first-order chi connectivity index (χ1) is 18.6. The van der Waals surface area contributed by atoms with Gasteiger partial charge in [0.1, 0.15) is 5.75 Å². The van der Waals surface area contributed by atoms with Crippen LogP contribution in [0.1, 0.15) is 41.6 Å². The van der Waals surface area contributed by atoms with Crippen LogP contribution in [0.3, 0.4) is 0 Å². The first-order valence-corrected chi connectivity index (χ1v) is 13.5. The minimum absolute atomic E-state index is 0.0483. The normalized spacial score (nSPS) is 16.3. The molecule has 0 bridgehead atoms. The molecular weight excluding hydrogens is 496 g/mol. The molecule has 1 aliphatic carbocycles. The number of methoxy groups -OCH3 is 2. The summed E-state index contributed by atoms with van der Waals surface area (Å²) in [4.78, 5) is 19.7. The maximum atomic E-state index is 13.9. The van der Waals surface area contributed by atoms with Gasteiger partial charge in [-0.3, -0.25) is 9.36 Å². The van der Waals surface area contributed by atoms with Crippen LogP contribution in [0.2, 0.25) is 0 Å². The lowest BCUT2D eigenvalue weighted by atomic mass is 9.83. The minimum atomic E-state index is -0.281. The van der Waals surface area contributed by atoms with Crippen molar-refractivity contribution in [1.29, 1.82) is 0 Å². The van der Waals surface area contributed by atoms with Gasteiger partial charge in [-0.15, -0.1) is 0 Å². The Morgan fingerprint density at radius 1 is 1.00 bits per heavy atom. The number of hydrogen-bond acceptors (Lipinski definition) is 6. The first kappa shape index (κ1) is 24.2. The number of aryl methyl sites for hydroxylation is 1. The second-order valence-corrected chi connectivity index (χ2v) is 10.2. The molecule has 0 amide bonds. The van der Waals surface area contributed by atoms with E-state index < -0.39 is 0 Å². The molecule has 6 nitrogen and oxygen atoms in total. The zero-order chi connectivity index (χ0) is 26.2. The van der Waals surface area contributed by atoms with Gasteiger partial charge < -0.3 is 14.2 Å². The van der Waals surface area contributed by atoms with Crippen molar-refractivity contribution in [3.8, 4) is 17.2 Å². The molecule has 1 atom stereocenters. The van der Waals surface area contributed by atoms with E-state index >= 15 is 0 Å². The zero-order valence-electron chi connectivity index (χ0n) is 21.6. The summed E-state index contributed by atoms with van der Waals surface area (Å²) < 4.78 is 19.2. The summed E-state index contributed by atoms with van der Waals surface area (Å²) in [6, 6.07) is 21.8. The molecule has 1 aliphatic heterocycles. The van der Waals surface area contributed by atoms with Gasteiger partial charge in [-0.05, 0) is 72.4 Å². The second-order valence-electron chi connectivity index (χ2n) is 9.23. The molecule has 0 N–H and O–H groups in total. The van der Waals surface area contributed by atoms with E-state index in [1.54, 1.807) is 14.2 Å². The van der Waals surface area contributed by atoms with Crippen molar-refractivity contribution >= 4 is 23.1 Å². The number of rotatable bonds is 6. The highest BCUT2D eigenvalue weighted by molar-refractivity contribution is 7.07. The van der Waals surface area contributed by atoms with E-state index in [0.717, 1.165) is 46.6 Å². The average molecular weight is 525 g/mol. The number of fused-ring (bicyclic) bond motifs is 3. The molecule has 3 aromatic carbocycles. The number of nitrogens with zero attached hydrogens (tertiary/aromatic N) is 2. The van der Waals surface area contributed by atoms with Gasteiger partial charge in [-0.25, -0.2) is 4.99 Å². The molecular formula is C31H28N2O4S. The second kappa shape index (κ2) is 9.99. The van der Waals surface area contributed by atoms with Crippen LogP contribution in [-0.2, 0) is 6.42 Å². The van der Waals surface area contributed by atoms with Crippen molar-refractivity contribution in [1.82, 2.24) is 4.57 Å². The Labute approximate surface area is 224 Å². The van der Waals surface area contributed by atoms with Gasteiger partial charge in [0, 0.05) is 5.56 Å². The number of thiazole rings is 1. The van der Waals surface area contributed by atoms with Gasteiger partial charge in [0.15, 0.2) is 16.3 Å². The molecule has 6 rings (SSSR count). The van der Waals surface area contributed by atoms with Gasteiger partial charge in [-0.1, -0.05) is 53.8 Å². The molecule has 4 aromatic rings. The number of hydrogen-bond donors (Lipinski definition) is 0. The summed E-state index contributed by atoms with van der Waals surface area (Å²) in [5.74, 6) is 2.10. The van der Waals surface area contributed by atoms with Crippen molar-refractivity contribution in [2.45, 2.75) is 25.8 Å². The summed E-state index contributed by atoms with van der Waals surface area (Å²) in [6.07, 6.45) is 3.67. The Balaban J connectivity index is 1.56. The standard InChI is InChI=1S/C31H28N2O4S/c1-4-37-22-13-9-19(10-14-22)17-27-30(34)33-29(21-12-16-25(35-2)26(18-21)36-3)24-15-11-20-7-5-6-8-23(20)28(24)32-31(33)38-27/h5-10,12-14,16-18,29H,4,11,15H2,1-3H3/b27-17-/t29-/m0/s1. The monoisotopic (exact) mass is 524 g/mol. The predicted molar refractivity (Wildman–Crippen MR) is 150 cm³/mol. The van der Waals surface area contributed by atoms with Gasteiger partial charge in [0.05, 0.1) is 37.1 Å². The van der Waals surface area contributed by atoms with Gasteiger partial charge in [0.25, 0.3) is 5.56 Å². The van der Waals surface area contributed by atoms with E-state index in [2.05, 4.69) is 24.3 Å². The lowest BCUT2D eigenvalue weighted by molar-refractivity contribution is 0.340.